The third-order valence-corrected chi connectivity index (χ3v) is 8.66. The lowest BCUT2D eigenvalue weighted by molar-refractivity contribution is -0.386. The highest BCUT2D eigenvalue weighted by molar-refractivity contribution is 6.63. The first-order valence-electron chi connectivity index (χ1n) is 12.7. The molecule has 1 aliphatic heterocycles. The van der Waals surface area contributed by atoms with Gasteiger partial charge in [-0.2, -0.15) is 0 Å². The molecule has 3 aromatic carbocycles. The lowest BCUT2D eigenvalue weighted by Crippen LogP contribution is -2.46. The summed E-state index contributed by atoms with van der Waals surface area (Å²) in [5.41, 5.74) is 0.227. The van der Waals surface area contributed by atoms with Crippen LogP contribution in [0.5, 0.6) is 0 Å². The van der Waals surface area contributed by atoms with Gasteiger partial charge < -0.3 is 13.7 Å². The standard InChI is InChI=1S/C29H36BNO5Si/c1-26(2,3)37-36-29(21-15-10-8-11-16-21,22-17-12-9-13-18-22)25-23(19-14-20-24(25)31(32)33)30-34-27(4,5)28(6,7)35-30/h8-20H,37H2,1-7H3. The van der Waals surface area contributed by atoms with Gasteiger partial charge in [-0.25, -0.2) is 0 Å². The minimum absolute atomic E-state index is 0.0252. The van der Waals surface area contributed by atoms with Gasteiger partial charge in [0.25, 0.3) is 5.69 Å². The van der Waals surface area contributed by atoms with E-state index in [9.17, 15) is 10.1 Å². The van der Waals surface area contributed by atoms with E-state index in [0.717, 1.165) is 11.1 Å². The first-order chi connectivity index (χ1) is 17.3. The second-order valence-electron chi connectivity index (χ2n) is 11.8. The van der Waals surface area contributed by atoms with Gasteiger partial charge in [0, 0.05) is 6.07 Å². The minimum Gasteiger partial charge on any atom is -0.406 e. The Morgan fingerprint density at radius 3 is 1.73 bits per heavy atom. The van der Waals surface area contributed by atoms with Crippen molar-refractivity contribution in [3.05, 3.63) is 106 Å². The Morgan fingerprint density at radius 2 is 1.30 bits per heavy atom. The van der Waals surface area contributed by atoms with E-state index in [1.165, 1.54) is 0 Å². The maximum Gasteiger partial charge on any atom is 0.495 e. The SMILES string of the molecule is CC(C)(C)[SiH2]OC(c1ccccc1)(c1ccccc1)c1c(B2OC(C)(C)C(C)(C)O2)cccc1[N+](=O)[O-]. The molecule has 37 heavy (non-hydrogen) atoms. The van der Waals surface area contributed by atoms with Crippen molar-refractivity contribution < 1.29 is 18.7 Å². The van der Waals surface area contributed by atoms with Crippen molar-refractivity contribution in [2.24, 2.45) is 0 Å². The van der Waals surface area contributed by atoms with Gasteiger partial charge in [0.15, 0.2) is 9.76 Å². The Bertz CT molecular complexity index is 1200. The summed E-state index contributed by atoms with van der Waals surface area (Å²) in [6.45, 7) is 14.4. The molecule has 0 atom stereocenters. The molecule has 0 aromatic heterocycles. The zero-order valence-electron chi connectivity index (χ0n) is 22.8. The minimum atomic E-state index is -1.23. The molecule has 0 unspecified atom stereocenters. The van der Waals surface area contributed by atoms with Crippen LogP contribution < -0.4 is 5.46 Å². The van der Waals surface area contributed by atoms with Gasteiger partial charge in [0.1, 0.15) is 5.60 Å². The molecule has 1 fully saturated rings. The molecule has 0 saturated carbocycles. The smallest absolute Gasteiger partial charge is 0.406 e. The van der Waals surface area contributed by atoms with Crippen LogP contribution in [-0.2, 0) is 19.3 Å². The highest BCUT2D eigenvalue weighted by Gasteiger charge is 2.55. The average molecular weight is 518 g/mol. The van der Waals surface area contributed by atoms with E-state index in [4.69, 9.17) is 13.7 Å². The summed E-state index contributed by atoms with van der Waals surface area (Å²) >= 11 is 0. The number of hydrogen-bond acceptors (Lipinski definition) is 5. The lowest BCUT2D eigenvalue weighted by atomic mass is 9.68. The van der Waals surface area contributed by atoms with Crippen LogP contribution in [0.1, 0.15) is 65.2 Å². The first-order valence-corrected chi connectivity index (χ1v) is 14.0. The molecule has 3 aromatic rings. The first kappa shape index (κ1) is 27.3. The molecule has 1 aliphatic rings. The Morgan fingerprint density at radius 1 is 0.811 bits per heavy atom. The molecular formula is C29H36BNO5Si. The van der Waals surface area contributed by atoms with Crippen LogP contribution in [-0.4, -0.2) is 33.0 Å². The van der Waals surface area contributed by atoms with Crippen molar-refractivity contribution in [2.75, 3.05) is 0 Å². The van der Waals surface area contributed by atoms with Crippen molar-refractivity contribution in [2.45, 2.75) is 70.3 Å². The van der Waals surface area contributed by atoms with Crippen LogP contribution in [0.25, 0.3) is 0 Å². The average Bonchev–Trinajstić information content (AvgIpc) is 3.06. The van der Waals surface area contributed by atoms with Crippen LogP contribution in [0, 0.1) is 10.1 Å². The largest absolute Gasteiger partial charge is 0.495 e. The summed E-state index contributed by atoms with van der Waals surface area (Å²) in [7, 11) is -2.01. The Labute approximate surface area is 222 Å². The molecule has 0 radical (unpaired) electrons. The number of nitrogens with zero attached hydrogens (tertiary/aromatic N) is 1. The predicted octanol–water partition coefficient (Wildman–Crippen LogP) is 5.50. The van der Waals surface area contributed by atoms with Gasteiger partial charge in [0.2, 0.25) is 0 Å². The Balaban J connectivity index is 2.10. The molecule has 0 spiro atoms. The van der Waals surface area contributed by atoms with Gasteiger partial charge in [-0.3, -0.25) is 10.1 Å². The summed E-state index contributed by atoms with van der Waals surface area (Å²) in [6, 6.07) is 24.7. The molecule has 194 valence electrons. The maximum atomic E-state index is 12.6. The van der Waals surface area contributed by atoms with E-state index in [1.54, 1.807) is 12.1 Å². The third-order valence-electron chi connectivity index (χ3n) is 7.21. The fourth-order valence-electron chi connectivity index (χ4n) is 4.62. The number of hydrogen-bond donors (Lipinski definition) is 0. The number of benzene rings is 3. The van der Waals surface area contributed by atoms with Crippen molar-refractivity contribution in [3.8, 4) is 0 Å². The summed E-state index contributed by atoms with van der Waals surface area (Å²) < 4.78 is 20.0. The van der Waals surface area contributed by atoms with E-state index in [-0.39, 0.29) is 15.6 Å². The summed E-state index contributed by atoms with van der Waals surface area (Å²) in [5, 5.41) is 12.6. The predicted molar refractivity (Wildman–Crippen MR) is 151 cm³/mol. The van der Waals surface area contributed by atoms with Crippen LogP contribution >= 0.6 is 0 Å². The van der Waals surface area contributed by atoms with Crippen LogP contribution in [0.15, 0.2) is 78.9 Å². The van der Waals surface area contributed by atoms with Crippen molar-refractivity contribution in [3.63, 3.8) is 0 Å². The van der Waals surface area contributed by atoms with Crippen molar-refractivity contribution >= 4 is 28.0 Å². The molecule has 0 aliphatic carbocycles. The lowest BCUT2D eigenvalue weighted by Gasteiger charge is -2.39. The Kier molecular flexibility index (Phi) is 7.25. The Hall–Kier alpha value is -2.78. The second-order valence-corrected chi connectivity index (χ2v) is 14.5. The normalized spacial score (nSPS) is 17.4. The van der Waals surface area contributed by atoms with Crippen LogP contribution in [0.2, 0.25) is 5.04 Å². The monoisotopic (exact) mass is 517 g/mol. The van der Waals surface area contributed by atoms with E-state index in [2.05, 4.69) is 20.8 Å². The molecule has 4 rings (SSSR count). The third kappa shape index (κ3) is 5.16. The van der Waals surface area contributed by atoms with E-state index in [0.29, 0.717) is 11.0 Å². The topological polar surface area (TPSA) is 70.8 Å². The van der Waals surface area contributed by atoms with Crippen molar-refractivity contribution in [1.29, 1.82) is 0 Å². The number of rotatable bonds is 7. The quantitative estimate of drug-likeness (QED) is 0.179. The number of nitro groups is 1. The van der Waals surface area contributed by atoms with Gasteiger partial charge in [-0.1, -0.05) is 93.6 Å². The van der Waals surface area contributed by atoms with Crippen LogP contribution in [0.3, 0.4) is 0 Å². The fraction of sp³-hybridized carbons (Fsp3) is 0.379. The highest BCUT2D eigenvalue weighted by atomic mass is 28.2. The van der Waals surface area contributed by atoms with Gasteiger partial charge in [-0.05, 0) is 49.3 Å². The second kappa shape index (κ2) is 9.83. The zero-order valence-corrected chi connectivity index (χ0v) is 24.2. The molecule has 0 bridgehead atoms. The molecule has 0 N–H and O–H groups in total. The van der Waals surface area contributed by atoms with E-state index < -0.39 is 33.7 Å². The number of nitro benzene ring substituents is 1. The molecule has 1 saturated heterocycles. The molecular weight excluding hydrogens is 481 g/mol. The summed E-state index contributed by atoms with van der Waals surface area (Å²) in [5.74, 6) is 0. The van der Waals surface area contributed by atoms with Crippen LogP contribution in [0.4, 0.5) is 5.69 Å². The van der Waals surface area contributed by atoms with Gasteiger partial charge in [0.05, 0.1) is 21.7 Å². The van der Waals surface area contributed by atoms with Gasteiger partial charge in [-0.15, -0.1) is 0 Å². The van der Waals surface area contributed by atoms with E-state index in [1.807, 2.05) is 94.4 Å². The summed E-state index contributed by atoms with van der Waals surface area (Å²) in [6.07, 6.45) is 0. The van der Waals surface area contributed by atoms with Gasteiger partial charge >= 0.3 is 7.12 Å². The van der Waals surface area contributed by atoms with E-state index >= 15 is 0 Å². The molecule has 8 heteroatoms. The highest BCUT2D eigenvalue weighted by Crippen LogP contribution is 2.46. The summed E-state index contributed by atoms with van der Waals surface area (Å²) in [4.78, 5) is 12.3. The maximum absolute atomic E-state index is 12.6. The molecule has 1 heterocycles. The van der Waals surface area contributed by atoms with Crippen molar-refractivity contribution in [1.82, 2.24) is 0 Å². The molecule has 0 amide bonds. The molecule has 6 nitrogen and oxygen atoms in total. The fourth-order valence-corrected chi connectivity index (χ4v) is 5.75. The zero-order chi connectivity index (χ0) is 27.1.